The van der Waals surface area contributed by atoms with Gasteiger partial charge in [0.15, 0.2) is 0 Å². The molecular formula is C28H30ClN3O2. The van der Waals surface area contributed by atoms with Crippen LogP contribution in [0.3, 0.4) is 0 Å². The third kappa shape index (κ3) is 5.27. The van der Waals surface area contributed by atoms with Crippen LogP contribution in [-0.4, -0.2) is 62.3 Å². The first-order valence-corrected chi connectivity index (χ1v) is 12.4. The third-order valence-corrected chi connectivity index (χ3v) is 7.07. The van der Waals surface area contributed by atoms with E-state index in [1.807, 2.05) is 60.7 Å². The molecule has 2 saturated heterocycles. The zero-order valence-corrected chi connectivity index (χ0v) is 20.0. The van der Waals surface area contributed by atoms with Crippen molar-refractivity contribution in [2.24, 2.45) is 0 Å². The number of esters is 1. The molecule has 2 heterocycles. The van der Waals surface area contributed by atoms with Gasteiger partial charge in [0.1, 0.15) is 6.10 Å². The summed E-state index contributed by atoms with van der Waals surface area (Å²) in [7, 11) is 0. The van der Waals surface area contributed by atoms with E-state index >= 15 is 0 Å². The number of piperazine rings is 1. The van der Waals surface area contributed by atoms with Crippen molar-refractivity contribution in [3.63, 3.8) is 0 Å². The van der Waals surface area contributed by atoms with Crippen molar-refractivity contribution in [1.82, 2.24) is 10.2 Å². The van der Waals surface area contributed by atoms with Gasteiger partial charge in [-0.3, -0.25) is 4.90 Å². The molecule has 0 aromatic heterocycles. The number of piperidine rings is 1. The summed E-state index contributed by atoms with van der Waals surface area (Å²) in [5.41, 5.74) is 3.98. The summed E-state index contributed by atoms with van der Waals surface area (Å²) in [5, 5.41) is 4.17. The lowest BCUT2D eigenvalue weighted by Crippen LogP contribution is -2.59. The highest BCUT2D eigenvalue weighted by atomic mass is 35.5. The zero-order valence-electron chi connectivity index (χ0n) is 19.2. The Bertz CT molecular complexity index is 1100. The Kier molecular flexibility index (Phi) is 7.14. The molecule has 6 heteroatoms. The highest BCUT2D eigenvalue weighted by molar-refractivity contribution is 6.30. The monoisotopic (exact) mass is 475 g/mol. The number of carbonyl (C=O) groups is 1. The van der Waals surface area contributed by atoms with E-state index in [-0.39, 0.29) is 18.1 Å². The van der Waals surface area contributed by atoms with Crippen LogP contribution in [0, 0.1) is 0 Å². The van der Waals surface area contributed by atoms with E-state index < -0.39 is 0 Å². The molecule has 0 spiro atoms. The van der Waals surface area contributed by atoms with E-state index in [9.17, 15) is 4.79 Å². The van der Waals surface area contributed by atoms with Crippen LogP contribution in [0.15, 0.2) is 78.9 Å². The molecule has 3 aromatic rings. The van der Waals surface area contributed by atoms with Gasteiger partial charge in [-0.15, -0.1) is 0 Å². The number of carbonyl (C=O) groups excluding carboxylic acids is 1. The number of anilines is 1. The van der Waals surface area contributed by atoms with Gasteiger partial charge in [0, 0.05) is 49.5 Å². The topological polar surface area (TPSA) is 44.8 Å². The molecular weight excluding hydrogens is 446 g/mol. The molecule has 34 heavy (non-hydrogen) atoms. The number of hydrogen-bond donors (Lipinski definition) is 1. The van der Waals surface area contributed by atoms with Gasteiger partial charge in [0.25, 0.3) is 0 Å². The van der Waals surface area contributed by atoms with Crippen molar-refractivity contribution >= 4 is 23.3 Å². The fourth-order valence-electron chi connectivity index (χ4n) is 4.97. The molecule has 5 nitrogen and oxygen atoms in total. The fraction of sp³-hybridized carbons (Fsp3) is 0.321. The molecule has 5 rings (SSSR count). The quantitative estimate of drug-likeness (QED) is 0.541. The summed E-state index contributed by atoms with van der Waals surface area (Å²) in [6.07, 6.45) is 0.815. The molecule has 2 aliphatic rings. The summed E-state index contributed by atoms with van der Waals surface area (Å²) in [5.74, 6) is -0.254. The summed E-state index contributed by atoms with van der Waals surface area (Å²) in [6.45, 7) is 5.39. The van der Waals surface area contributed by atoms with Gasteiger partial charge in [-0.2, -0.15) is 0 Å². The van der Waals surface area contributed by atoms with E-state index in [1.54, 1.807) is 0 Å². The number of nitrogens with one attached hydrogen (secondary N) is 1. The fourth-order valence-corrected chi connectivity index (χ4v) is 5.16. The van der Waals surface area contributed by atoms with Gasteiger partial charge in [0.05, 0.1) is 5.56 Å². The second-order valence-electron chi connectivity index (χ2n) is 8.95. The van der Waals surface area contributed by atoms with Crippen LogP contribution in [0.5, 0.6) is 0 Å². The normalized spacial score (nSPS) is 21.3. The highest BCUT2D eigenvalue weighted by Crippen LogP contribution is 2.24. The predicted molar refractivity (Wildman–Crippen MR) is 138 cm³/mol. The summed E-state index contributed by atoms with van der Waals surface area (Å²) >= 11 is 6.18. The van der Waals surface area contributed by atoms with E-state index in [4.69, 9.17) is 16.3 Å². The maximum atomic E-state index is 13.0. The first-order valence-electron chi connectivity index (χ1n) is 12.0. The molecule has 2 aliphatic heterocycles. The summed E-state index contributed by atoms with van der Waals surface area (Å²) in [6, 6.07) is 26.1. The molecule has 2 fully saturated rings. The predicted octanol–water partition coefficient (Wildman–Crippen LogP) is 4.72. The molecule has 3 aromatic carbocycles. The molecule has 2 atom stereocenters. The number of benzene rings is 3. The standard InChI is InChI=1S/C28H30ClN3O2/c29-24-7-4-8-25(19-24)31-15-17-32(18-16-31)26-13-14-30-20-27(26)34-28(33)23-11-9-22(10-12-23)21-5-2-1-3-6-21/h1-12,19,26-27,30H,13-18,20H2/t26?,27-/m1/s1. The number of ether oxygens (including phenoxy) is 1. The maximum Gasteiger partial charge on any atom is 0.338 e. The molecule has 1 unspecified atom stereocenters. The Labute approximate surface area is 206 Å². The molecule has 0 bridgehead atoms. The van der Waals surface area contributed by atoms with Gasteiger partial charge in [-0.1, -0.05) is 60.1 Å². The van der Waals surface area contributed by atoms with Crippen molar-refractivity contribution in [1.29, 1.82) is 0 Å². The van der Waals surface area contributed by atoms with E-state index in [2.05, 4.69) is 33.3 Å². The second-order valence-corrected chi connectivity index (χ2v) is 9.39. The van der Waals surface area contributed by atoms with E-state index in [0.717, 1.165) is 55.3 Å². The molecule has 0 aliphatic carbocycles. The lowest BCUT2D eigenvalue weighted by molar-refractivity contribution is -0.0131. The van der Waals surface area contributed by atoms with Crippen molar-refractivity contribution in [3.05, 3.63) is 89.4 Å². The van der Waals surface area contributed by atoms with Crippen LogP contribution >= 0.6 is 11.6 Å². The summed E-state index contributed by atoms with van der Waals surface area (Å²) < 4.78 is 6.04. The Morgan fingerprint density at radius 3 is 2.35 bits per heavy atom. The van der Waals surface area contributed by atoms with Crippen LogP contribution in [0.2, 0.25) is 5.02 Å². The minimum Gasteiger partial charge on any atom is -0.456 e. The minimum atomic E-state index is -0.254. The van der Waals surface area contributed by atoms with E-state index in [1.165, 1.54) is 5.69 Å². The van der Waals surface area contributed by atoms with Crippen LogP contribution in [0.4, 0.5) is 5.69 Å². The maximum absolute atomic E-state index is 13.0. The van der Waals surface area contributed by atoms with Crippen molar-refractivity contribution < 1.29 is 9.53 Å². The first kappa shape index (κ1) is 22.9. The lowest BCUT2D eigenvalue weighted by atomic mass is 10.00. The number of nitrogens with zero attached hydrogens (tertiary/aromatic N) is 2. The molecule has 1 N–H and O–H groups in total. The molecule has 0 saturated carbocycles. The van der Waals surface area contributed by atoms with Gasteiger partial charge in [0.2, 0.25) is 0 Å². The second kappa shape index (κ2) is 10.6. The third-order valence-electron chi connectivity index (χ3n) is 6.83. The van der Waals surface area contributed by atoms with Crippen LogP contribution in [0.25, 0.3) is 11.1 Å². The zero-order chi connectivity index (χ0) is 23.3. The first-order chi connectivity index (χ1) is 16.7. The van der Waals surface area contributed by atoms with E-state index in [0.29, 0.717) is 12.1 Å². The Hall–Kier alpha value is -2.86. The smallest absolute Gasteiger partial charge is 0.338 e. The van der Waals surface area contributed by atoms with Crippen LogP contribution in [0.1, 0.15) is 16.8 Å². The van der Waals surface area contributed by atoms with Gasteiger partial charge in [-0.25, -0.2) is 4.79 Å². The Morgan fingerprint density at radius 1 is 0.882 bits per heavy atom. The largest absolute Gasteiger partial charge is 0.456 e. The minimum absolute atomic E-state index is 0.159. The van der Waals surface area contributed by atoms with Crippen molar-refractivity contribution in [2.75, 3.05) is 44.2 Å². The Morgan fingerprint density at radius 2 is 1.62 bits per heavy atom. The number of rotatable bonds is 5. The van der Waals surface area contributed by atoms with Gasteiger partial charge < -0.3 is 15.0 Å². The highest BCUT2D eigenvalue weighted by Gasteiger charge is 2.34. The van der Waals surface area contributed by atoms with Gasteiger partial charge in [-0.05, 0) is 54.4 Å². The van der Waals surface area contributed by atoms with Crippen molar-refractivity contribution in [2.45, 2.75) is 18.6 Å². The summed E-state index contributed by atoms with van der Waals surface area (Å²) in [4.78, 5) is 17.8. The number of hydrogen-bond acceptors (Lipinski definition) is 5. The molecule has 176 valence electrons. The van der Waals surface area contributed by atoms with Crippen molar-refractivity contribution in [3.8, 4) is 11.1 Å². The Balaban J connectivity index is 1.21. The number of halogens is 1. The van der Waals surface area contributed by atoms with Crippen LogP contribution < -0.4 is 10.2 Å². The van der Waals surface area contributed by atoms with Gasteiger partial charge >= 0.3 is 5.97 Å². The van der Waals surface area contributed by atoms with Crippen LogP contribution in [-0.2, 0) is 4.74 Å². The lowest BCUT2D eigenvalue weighted by Gasteiger charge is -2.44. The average Bonchev–Trinajstić information content (AvgIpc) is 2.90. The molecule has 0 radical (unpaired) electrons. The average molecular weight is 476 g/mol. The molecule has 0 amide bonds. The SMILES string of the molecule is O=C(O[C@@H]1CNCCC1N1CCN(c2cccc(Cl)c2)CC1)c1ccc(-c2ccccc2)cc1.